The summed E-state index contributed by atoms with van der Waals surface area (Å²) in [6, 6.07) is 4.65. The van der Waals surface area contributed by atoms with Gasteiger partial charge >= 0.3 is 0 Å². The Hall–Kier alpha value is -0.710. The molecule has 2 nitrogen and oxygen atoms in total. The summed E-state index contributed by atoms with van der Waals surface area (Å²) in [5.41, 5.74) is 1.12. The molecule has 1 N–H and O–H groups in total. The molecule has 1 atom stereocenters. The van der Waals surface area contributed by atoms with Gasteiger partial charge in [-0.05, 0) is 24.8 Å². The van der Waals surface area contributed by atoms with Crippen molar-refractivity contribution in [3.05, 3.63) is 38.5 Å². The lowest BCUT2D eigenvalue weighted by Crippen LogP contribution is -2.19. The monoisotopic (exact) mass is 252 g/mol. The minimum Gasteiger partial charge on any atom is -0.303 e. The second-order valence-corrected chi connectivity index (χ2v) is 5.67. The third kappa shape index (κ3) is 2.90. The van der Waals surface area contributed by atoms with E-state index in [1.807, 2.05) is 6.92 Å². The van der Waals surface area contributed by atoms with Crippen molar-refractivity contribution in [2.24, 2.45) is 0 Å². The maximum absolute atomic E-state index is 4.54. The Morgan fingerprint density at radius 1 is 1.44 bits per heavy atom. The molecule has 2 heterocycles. The number of hydrogen-bond donors (Lipinski definition) is 1. The normalized spacial score (nSPS) is 12.9. The van der Waals surface area contributed by atoms with Crippen molar-refractivity contribution >= 4 is 22.7 Å². The van der Waals surface area contributed by atoms with E-state index in [0.29, 0.717) is 6.04 Å². The molecular weight excluding hydrogens is 236 g/mol. The van der Waals surface area contributed by atoms with Crippen LogP contribution in [-0.2, 0) is 6.54 Å². The molecule has 0 fully saturated rings. The number of hydrogen-bond acceptors (Lipinski definition) is 4. The summed E-state index contributed by atoms with van der Waals surface area (Å²) in [4.78, 5) is 5.92. The average Bonchev–Trinajstić information content (AvgIpc) is 2.91. The Kier molecular flexibility index (Phi) is 4.09. The Bertz CT molecular complexity index is 420. The van der Waals surface area contributed by atoms with E-state index >= 15 is 0 Å². The van der Waals surface area contributed by atoms with Crippen LogP contribution in [0.3, 0.4) is 0 Å². The summed E-state index contributed by atoms with van der Waals surface area (Å²) in [5, 5.41) is 9.00. The van der Waals surface area contributed by atoms with Crippen LogP contribution < -0.4 is 5.32 Å². The summed E-state index contributed by atoms with van der Waals surface area (Å²) >= 11 is 3.55. The minimum atomic E-state index is 0.390. The van der Waals surface area contributed by atoms with E-state index in [-0.39, 0.29) is 0 Å². The standard InChI is InChI=1S/C12H16N2S2/c1-3-11(12-14-9(2)8-16-12)13-7-10-5-4-6-15-10/h4-6,8,11,13H,3,7H2,1-2H3. The second kappa shape index (κ2) is 5.57. The van der Waals surface area contributed by atoms with Gasteiger partial charge in [0, 0.05) is 22.5 Å². The lowest BCUT2D eigenvalue weighted by molar-refractivity contribution is 0.519. The van der Waals surface area contributed by atoms with Crippen LogP contribution in [0.2, 0.25) is 0 Å². The molecule has 0 aliphatic heterocycles. The van der Waals surface area contributed by atoms with Crippen LogP contribution in [-0.4, -0.2) is 4.98 Å². The molecule has 2 rings (SSSR count). The predicted octanol–water partition coefficient (Wildman–Crippen LogP) is 3.75. The lowest BCUT2D eigenvalue weighted by atomic mass is 10.2. The number of aryl methyl sites for hydroxylation is 1. The van der Waals surface area contributed by atoms with Crippen LogP contribution in [0, 0.1) is 6.92 Å². The zero-order chi connectivity index (χ0) is 11.4. The maximum atomic E-state index is 4.54. The van der Waals surface area contributed by atoms with Crippen molar-refractivity contribution < 1.29 is 0 Å². The quantitative estimate of drug-likeness (QED) is 0.876. The van der Waals surface area contributed by atoms with Crippen LogP contribution in [0.1, 0.15) is 35.0 Å². The fourth-order valence-corrected chi connectivity index (χ4v) is 3.19. The number of aromatic nitrogens is 1. The highest BCUT2D eigenvalue weighted by Crippen LogP contribution is 2.21. The molecule has 4 heteroatoms. The van der Waals surface area contributed by atoms with Crippen molar-refractivity contribution in [3.63, 3.8) is 0 Å². The number of thiophene rings is 1. The number of nitrogens with zero attached hydrogens (tertiary/aromatic N) is 1. The zero-order valence-electron chi connectivity index (χ0n) is 9.56. The highest BCUT2D eigenvalue weighted by molar-refractivity contribution is 7.10. The number of rotatable bonds is 5. The first-order valence-corrected chi connectivity index (χ1v) is 7.23. The smallest absolute Gasteiger partial charge is 0.110 e. The van der Waals surface area contributed by atoms with Gasteiger partial charge in [0.15, 0.2) is 0 Å². The van der Waals surface area contributed by atoms with E-state index in [0.717, 1.165) is 18.7 Å². The van der Waals surface area contributed by atoms with E-state index in [1.54, 1.807) is 22.7 Å². The summed E-state index contributed by atoms with van der Waals surface area (Å²) in [6.07, 6.45) is 1.08. The number of nitrogens with one attached hydrogen (secondary N) is 1. The molecule has 0 saturated heterocycles. The van der Waals surface area contributed by atoms with Crippen molar-refractivity contribution in [1.29, 1.82) is 0 Å². The van der Waals surface area contributed by atoms with Crippen LogP contribution in [0.25, 0.3) is 0 Å². The fourth-order valence-electron chi connectivity index (χ4n) is 1.58. The maximum Gasteiger partial charge on any atom is 0.110 e. The molecule has 0 bridgehead atoms. The van der Waals surface area contributed by atoms with Gasteiger partial charge in [-0.3, -0.25) is 0 Å². The first kappa shape index (κ1) is 11.8. The van der Waals surface area contributed by atoms with Gasteiger partial charge in [-0.2, -0.15) is 0 Å². The highest BCUT2D eigenvalue weighted by Gasteiger charge is 2.12. The second-order valence-electron chi connectivity index (χ2n) is 3.75. The van der Waals surface area contributed by atoms with Gasteiger partial charge < -0.3 is 5.32 Å². The van der Waals surface area contributed by atoms with E-state index in [4.69, 9.17) is 0 Å². The molecule has 0 amide bonds. The van der Waals surface area contributed by atoms with Gasteiger partial charge in [-0.25, -0.2) is 4.98 Å². The SMILES string of the molecule is CCC(NCc1cccs1)c1nc(C)cs1. The van der Waals surface area contributed by atoms with Gasteiger partial charge in [-0.15, -0.1) is 22.7 Å². The first-order valence-electron chi connectivity index (χ1n) is 5.47. The van der Waals surface area contributed by atoms with Crippen molar-refractivity contribution in [1.82, 2.24) is 10.3 Å². The van der Waals surface area contributed by atoms with Gasteiger partial charge in [0.1, 0.15) is 5.01 Å². The van der Waals surface area contributed by atoms with Crippen LogP contribution in [0.4, 0.5) is 0 Å². The molecule has 86 valence electrons. The summed E-state index contributed by atoms with van der Waals surface area (Å²) < 4.78 is 0. The molecule has 0 aliphatic carbocycles. The number of thiazole rings is 1. The Labute approximate surface area is 104 Å². The molecular formula is C12H16N2S2. The molecule has 0 saturated carbocycles. The Balaban J connectivity index is 1.96. The average molecular weight is 252 g/mol. The Morgan fingerprint density at radius 3 is 2.88 bits per heavy atom. The molecule has 2 aromatic rings. The molecule has 2 aromatic heterocycles. The largest absolute Gasteiger partial charge is 0.303 e. The van der Waals surface area contributed by atoms with Gasteiger partial charge in [0.25, 0.3) is 0 Å². The molecule has 0 radical (unpaired) electrons. The predicted molar refractivity (Wildman–Crippen MR) is 71.0 cm³/mol. The first-order chi connectivity index (χ1) is 7.79. The minimum absolute atomic E-state index is 0.390. The van der Waals surface area contributed by atoms with Crippen molar-refractivity contribution in [2.45, 2.75) is 32.9 Å². The van der Waals surface area contributed by atoms with E-state index in [9.17, 15) is 0 Å². The topological polar surface area (TPSA) is 24.9 Å². The van der Waals surface area contributed by atoms with Crippen LogP contribution in [0.5, 0.6) is 0 Å². The van der Waals surface area contributed by atoms with Crippen LogP contribution in [0.15, 0.2) is 22.9 Å². The summed E-state index contributed by atoms with van der Waals surface area (Å²) in [6.45, 7) is 5.18. The van der Waals surface area contributed by atoms with Gasteiger partial charge in [0.05, 0.1) is 6.04 Å². The third-order valence-corrected chi connectivity index (χ3v) is 4.40. The molecule has 0 spiro atoms. The highest BCUT2D eigenvalue weighted by atomic mass is 32.1. The van der Waals surface area contributed by atoms with E-state index < -0.39 is 0 Å². The molecule has 1 unspecified atom stereocenters. The van der Waals surface area contributed by atoms with Crippen molar-refractivity contribution in [2.75, 3.05) is 0 Å². The van der Waals surface area contributed by atoms with Gasteiger partial charge in [0.2, 0.25) is 0 Å². The zero-order valence-corrected chi connectivity index (χ0v) is 11.2. The van der Waals surface area contributed by atoms with Crippen molar-refractivity contribution in [3.8, 4) is 0 Å². The fraction of sp³-hybridized carbons (Fsp3) is 0.417. The van der Waals surface area contributed by atoms with Crippen LogP contribution >= 0.6 is 22.7 Å². The lowest BCUT2D eigenvalue weighted by Gasteiger charge is -2.13. The summed E-state index contributed by atoms with van der Waals surface area (Å²) in [5.74, 6) is 0. The molecule has 16 heavy (non-hydrogen) atoms. The summed E-state index contributed by atoms with van der Waals surface area (Å²) in [7, 11) is 0. The third-order valence-electron chi connectivity index (χ3n) is 2.45. The molecule has 0 aromatic carbocycles. The molecule has 0 aliphatic rings. The Morgan fingerprint density at radius 2 is 2.31 bits per heavy atom. The van der Waals surface area contributed by atoms with E-state index in [2.05, 4.69) is 40.1 Å². The van der Waals surface area contributed by atoms with E-state index in [1.165, 1.54) is 9.88 Å². The van der Waals surface area contributed by atoms with Gasteiger partial charge in [-0.1, -0.05) is 13.0 Å².